The van der Waals surface area contributed by atoms with Gasteiger partial charge in [-0.1, -0.05) is 23.4 Å². The number of benzene rings is 1. The zero-order chi connectivity index (χ0) is 11.9. The van der Waals surface area contributed by atoms with Crippen LogP contribution < -0.4 is 5.32 Å². The molecular formula is C12H15N3O2. The Morgan fingerprint density at radius 2 is 2.12 bits per heavy atom. The van der Waals surface area contributed by atoms with Crippen molar-refractivity contribution in [2.45, 2.75) is 20.1 Å². The van der Waals surface area contributed by atoms with E-state index in [1.54, 1.807) is 0 Å². The van der Waals surface area contributed by atoms with Gasteiger partial charge in [0.1, 0.15) is 6.61 Å². The SMILES string of the molecule is CCOCc1noc(CNc2ccccc2)n1. The molecule has 0 fully saturated rings. The van der Waals surface area contributed by atoms with Gasteiger partial charge in [0.2, 0.25) is 5.89 Å². The summed E-state index contributed by atoms with van der Waals surface area (Å²) in [4.78, 5) is 4.20. The van der Waals surface area contributed by atoms with Gasteiger partial charge in [-0.15, -0.1) is 0 Å². The topological polar surface area (TPSA) is 60.2 Å². The third kappa shape index (κ3) is 3.57. The first-order valence-corrected chi connectivity index (χ1v) is 5.56. The lowest BCUT2D eigenvalue weighted by Gasteiger charge is -2.01. The highest BCUT2D eigenvalue weighted by Gasteiger charge is 2.05. The lowest BCUT2D eigenvalue weighted by Crippen LogP contribution is -2.00. The minimum atomic E-state index is 0.394. The first kappa shape index (κ1) is 11.6. The van der Waals surface area contributed by atoms with E-state index in [4.69, 9.17) is 9.26 Å². The van der Waals surface area contributed by atoms with Crippen molar-refractivity contribution in [2.24, 2.45) is 0 Å². The number of hydrogen-bond acceptors (Lipinski definition) is 5. The molecule has 0 amide bonds. The Bertz CT molecular complexity index is 442. The second-order valence-electron chi connectivity index (χ2n) is 3.46. The molecule has 1 aromatic carbocycles. The van der Waals surface area contributed by atoms with Gasteiger partial charge in [-0.2, -0.15) is 4.98 Å². The normalized spacial score (nSPS) is 10.4. The van der Waals surface area contributed by atoms with Crippen LogP contribution in [0.1, 0.15) is 18.6 Å². The van der Waals surface area contributed by atoms with Gasteiger partial charge in [-0.25, -0.2) is 0 Å². The summed E-state index contributed by atoms with van der Waals surface area (Å²) in [7, 11) is 0. The fraction of sp³-hybridized carbons (Fsp3) is 0.333. The van der Waals surface area contributed by atoms with Crippen molar-refractivity contribution in [1.29, 1.82) is 0 Å². The van der Waals surface area contributed by atoms with Crippen LogP contribution in [0.15, 0.2) is 34.9 Å². The molecule has 0 saturated heterocycles. The molecule has 0 atom stereocenters. The minimum absolute atomic E-state index is 0.394. The van der Waals surface area contributed by atoms with Gasteiger partial charge in [0.15, 0.2) is 5.82 Å². The quantitative estimate of drug-likeness (QED) is 0.829. The number of nitrogens with one attached hydrogen (secondary N) is 1. The van der Waals surface area contributed by atoms with Crippen molar-refractivity contribution in [3.63, 3.8) is 0 Å². The Morgan fingerprint density at radius 3 is 2.88 bits per heavy atom. The second-order valence-corrected chi connectivity index (χ2v) is 3.46. The van der Waals surface area contributed by atoms with Gasteiger partial charge < -0.3 is 14.6 Å². The van der Waals surface area contributed by atoms with Crippen LogP contribution >= 0.6 is 0 Å². The molecule has 1 N–H and O–H groups in total. The van der Waals surface area contributed by atoms with Gasteiger partial charge >= 0.3 is 0 Å². The summed E-state index contributed by atoms with van der Waals surface area (Å²) in [6.07, 6.45) is 0. The third-order valence-electron chi connectivity index (χ3n) is 2.16. The van der Waals surface area contributed by atoms with Crippen LogP contribution in [0, 0.1) is 0 Å². The maximum atomic E-state index is 5.19. The second kappa shape index (κ2) is 6.00. The summed E-state index contributed by atoms with van der Waals surface area (Å²) in [5.41, 5.74) is 1.03. The van der Waals surface area contributed by atoms with Crippen LogP contribution in [-0.2, 0) is 17.9 Å². The Balaban J connectivity index is 1.85. The van der Waals surface area contributed by atoms with Crippen molar-refractivity contribution in [1.82, 2.24) is 10.1 Å². The zero-order valence-corrected chi connectivity index (χ0v) is 9.72. The number of aromatic nitrogens is 2. The first-order chi connectivity index (χ1) is 8.38. The Kier molecular flexibility index (Phi) is 4.10. The predicted octanol–water partition coefficient (Wildman–Crippen LogP) is 2.22. The molecule has 2 aromatic rings. The van der Waals surface area contributed by atoms with Crippen molar-refractivity contribution < 1.29 is 9.26 Å². The van der Waals surface area contributed by atoms with Gasteiger partial charge in [0, 0.05) is 12.3 Å². The Labute approximate surface area is 99.8 Å². The van der Waals surface area contributed by atoms with E-state index in [9.17, 15) is 0 Å². The van der Waals surface area contributed by atoms with Crippen molar-refractivity contribution in [3.05, 3.63) is 42.0 Å². The lowest BCUT2D eigenvalue weighted by atomic mass is 10.3. The number of nitrogens with zero attached hydrogens (tertiary/aromatic N) is 2. The van der Waals surface area contributed by atoms with Crippen LogP contribution in [0.25, 0.3) is 0 Å². The molecule has 1 heterocycles. The monoisotopic (exact) mass is 233 g/mol. The number of hydrogen-bond donors (Lipinski definition) is 1. The highest BCUT2D eigenvalue weighted by molar-refractivity contribution is 5.42. The summed E-state index contributed by atoms with van der Waals surface area (Å²) >= 11 is 0. The van der Waals surface area contributed by atoms with Crippen LogP contribution in [0.3, 0.4) is 0 Å². The van der Waals surface area contributed by atoms with E-state index in [-0.39, 0.29) is 0 Å². The summed E-state index contributed by atoms with van der Waals surface area (Å²) in [6.45, 7) is 3.48. The zero-order valence-electron chi connectivity index (χ0n) is 9.72. The van der Waals surface area contributed by atoms with E-state index in [0.29, 0.717) is 31.5 Å². The van der Waals surface area contributed by atoms with E-state index in [0.717, 1.165) is 5.69 Å². The van der Waals surface area contributed by atoms with Crippen LogP contribution in [0.4, 0.5) is 5.69 Å². The van der Waals surface area contributed by atoms with Crippen molar-refractivity contribution in [2.75, 3.05) is 11.9 Å². The van der Waals surface area contributed by atoms with E-state index >= 15 is 0 Å². The van der Waals surface area contributed by atoms with Gasteiger partial charge in [0.05, 0.1) is 6.54 Å². The smallest absolute Gasteiger partial charge is 0.246 e. The number of rotatable bonds is 6. The molecule has 2 rings (SSSR count). The summed E-state index contributed by atoms with van der Waals surface area (Å²) in [6, 6.07) is 9.88. The van der Waals surface area contributed by atoms with Gasteiger partial charge in [0.25, 0.3) is 0 Å². The molecule has 0 spiro atoms. The number of ether oxygens (including phenoxy) is 1. The van der Waals surface area contributed by atoms with Crippen molar-refractivity contribution in [3.8, 4) is 0 Å². The summed E-state index contributed by atoms with van der Waals surface area (Å²) < 4.78 is 10.3. The fourth-order valence-electron chi connectivity index (χ4n) is 1.35. The molecule has 17 heavy (non-hydrogen) atoms. The molecular weight excluding hydrogens is 218 g/mol. The number of anilines is 1. The molecule has 0 aliphatic rings. The standard InChI is InChI=1S/C12H15N3O2/c1-2-16-9-11-14-12(17-15-11)8-13-10-6-4-3-5-7-10/h3-7,13H,2,8-9H2,1H3. The highest BCUT2D eigenvalue weighted by atomic mass is 16.5. The van der Waals surface area contributed by atoms with E-state index in [2.05, 4.69) is 15.5 Å². The van der Waals surface area contributed by atoms with E-state index in [1.807, 2.05) is 37.3 Å². The van der Waals surface area contributed by atoms with Gasteiger partial charge in [-0.05, 0) is 19.1 Å². The average molecular weight is 233 g/mol. The lowest BCUT2D eigenvalue weighted by molar-refractivity contribution is 0.126. The molecule has 5 nitrogen and oxygen atoms in total. The van der Waals surface area contributed by atoms with E-state index < -0.39 is 0 Å². The maximum absolute atomic E-state index is 5.19. The largest absolute Gasteiger partial charge is 0.376 e. The Morgan fingerprint density at radius 1 is 1.29 bits per heavy atom. The molecule has 0 radical (unpaired) electrons. The molecule has 90 valence electrons. The molecule has 0 aliphatic carbocycles. The first-order valence-electron chi connectivity index (χ1n) is 5.56. The molecule has 0 saturated carbocycles. The predicted molar refractivity (Wildman–Crippen MR) is 63.4 cm³/mol. The molecule has 0 aliphatic heterocycles. The van der Waals surface area contributed by atoms with Crippen LogP contribution in [0.5, 0.6) is 0 Å². The molecule has 0 bridgehead atoms. The number of para-hydroxylation sites is 1. The average Bonchev–Trinajstić information content (AvgIpc) is 2.83. The third-order valence-corrected chi connectivity index (χ3v) is 2.16. The van der Waals surface area contributed by atoms with Crippen LogP contribution in [-0.4, -0.2) is 16.7 Å². The maximum Gasteiger partial charge on any atom is 0.246 e. The van der Waals surface area contributed by atoms with Gasteiger partial charge in [-0.3, -0.25) is 0 Å². The van der Waals surface area contributed by atoms with E-state index in [1.165, 1.54) is 0 Å². The molecule has 5 heteroatoms. The molecule has 0 unspecified atom stereocenters. The summed E-state index contributed by atoms with van der Waals surface area (Å²) in [5, 5.41) is 7.01. The molecule has 1 aromatic heterocycles. The van der Waals surface area contributed by atoms with Crippen molar-refractivity contribution >= 4 is 5.69 Å². The fourth-order valence-corrected chi connectivity index (χ4v) is 1.35. The Hall–Kier alpha value is -1.88. The highest BCUT2D eigenvalue weighted by Crippen LogP contribution is 2.07. The summed E-state index contributed by atoms with van der Waals surface area (Å²) in [5.74, 6) is 1.14. The minimum Gasteiger partial charge on any atom is -0.376 e. The van der Waals surface area contributed by atoms with Crippen LogP contribution in [0.2, 0.25) is 0 Å².